The van der Waals surface area contributed by atoms with Crippen LogP contribution in [-0.4, -0.2) is 44.9 Å². The zero-order valence-electron chi connectivity index (χ0n) is 13.3. The molecule has 1 aromatic carbocycles. The van der Waals surface area contributed by atoms with Crippen molar-refractivity contribution in [3.05, 3.63) is 53.3 Å². The highest BCUT2D eigenvalue weighted by molar-refractivity contribution is 5.93. The topological polar surface area (TPSA) is 70.4 Å². The van der Waals surface area contributed by atoms with Crippen molar-refractivity contribution in [2.24, 2.45) is 7.05 Å². The van der Waals surface area contributed by atoms with Crippen LogP contribution in [0.15, 0.2) is 36.7 Å². The number of amides is 1. The van der Waals surface area contributed by atoms with E-state index >= 15 is 0 Å². The number of aromatic nitrogens is 2. The molecule has 2 heterocycles. The second-order valence-corrected chi connectivity index (χ2v) is 6.03. The van der Waals surface area contributed by atoms with Gasteiger partial charge in [0, 0.05) is 39.4 Å². The molecule has 0 radical (unpaired) electrons. The van der Waals surface area contributed by atoms with Crippen molar-refractivity contribution in [3.8, 4) is 0 Å². The van der Waals surface area contributed by atoms with E-state index in [9.17, 15) is 9.90 Å². The SMILES string of the molecule is Cn1cc(C(=O)NCc2ccccc2CN2CC[C@H](O)C2)cn1. The third-order valence-electron chi connectivity index (χ3n) is 4.17. The second-order valence-electron chi connectivity index (χ2n) is 6.03. The standard InChI is InChI=1S/C17H22N4O2/c1-20-10-15(9-19-20)17(23)18-8-13-4-2-3-5-14(13)11-21-7-6-16(22)12-21/h2-5,9-10,16,22H,6-8,11-12H2,1H3,(H,18,23)/t16-/m0/s1. The fourth-order valence-electron chi connectivity index (χ4n) is 2.90. The fraction of sp³-hybridized carbons (Fsp3) is 0.412. The number of carbonyl (C=O) groups excluding carboxylic acids is 1. The van der Waals surface area contributed by atoms with Crippen LogP contribution in [0.4, 0.5) is 0 Å². The lowest BCUT2D eigenvalue weighted by molar-refractivity contribution is 0.0950. The Balaban J connectivity index is 1.62. The largest absolute Gasteiger partial charge is 0.392 e. The first-order valence-electron chi connectivity index (χ1n) is 7.86. The van der Waals surface area contributed by atoms with Crippen molar-refractivity contribution in [1.82, 2.24) is 20.0 Å². The molecule has 1 aliphatic heterocycles. The maximum absolute atomic E-state index is 12.1. The van der Waals surface area contributed by atoms with Crippen LogP contribution in [-0.2, 0) is 20.1 Å². The van der Waals surface area contributed by atoms with Crippen LogP contribution < -0.4 is 5.32 Å². The van der Waals surface area contributed by atoms with E-state index in [0.29, 0.717) is 12.1 Å². The minimum absolute atomic E-state index is 0.121. The molecule has 122 valence electrons. The molecule has 23 heavy (non-hydrogen) atoms. The molecular weight excluding hydrogens is 292 g/mol. The molecule has 2 N–H and O–H groups in total. The van der Waals surface area contributed by atoms with Crippen LogP contribution in [0.25, 0.3) is 0 Å². The van der Waals surface area contributed by atoms with E-state index in [1.54, 1.807) is 24.1 Å². The van der Waals surface area contributed by atoms with E-state index in [1.165, 1.54) is 5.56 Å². The number of carbonyl (C=O) groups is 1. The highest BCUT2D eigenvalue weighted by Crippen LogP contribution is 2.16. The highest BCUT2D eigenvalue weighted by Gasteiger charge is 2.20. The lowest BCUT2D eigenvalue weighted by Crippen LogP contribution is -2.25. The van der Waals surface area contributed by atoms with Gasteiger partial charge in [0.2, 0.25) is 0 Å². The number of benzene rings is 1. The summed E-state index contributed by atoms with van der Waals surface area (Å²) in [5.74, 6) is -0.121. The Hall–Kier alpha value is -2.18. The van der Waals surface area contributed by atoms with Crippen LogP contribution >= 0.6 is 0 Å². The average Bonchev–Trinajstić information content (AvgIpc) is 3.15. The number of hydrogen-bond donors (Lipinski definition) is 2. The smallest absolute Gasteiger partial charge is 0.254 e. The molecule has 0 unspecified atom stereocenters. The minimum atomic E-state index is -0.215. The van der Waals surface area contributed by atoms with Gasteiger partial charge in [-0.2, -0.15) is 5.10 Å². The van der Waals surface area contributed by atoms with Crippen molar-refractivity contribution >= 4 is 5.91 Å². The summed E-state index contributed by atoms with van der Waals surface area (Å²) in [5, 5.41) is 16.6. The van der Waals surface area contributed by atoms with Crippen LogP contribution in [0, 0.1) is 0 Å². The lowest BCUT2D eigenvalue weighted by Gasteiger charge is -2.18. The fourth-order valence-corrected chi connectivity index (χ4v) is 2.90. The van der Waals surface area contributed by atoms with Gasteiger partial charge in [-0.15, -0.1) is 0 Å². The van der Waals surface area contributed by atoms with Gasteiger partial charge in [0.1, 0.15) is 0 Å². The molecule has 3 rings (SSSR count). The second kappa shape index (κ2) is 6.93. The van der Waals surface area contributed by atoms with E-state index in [1.807, 2.05) is 18.2 Å². The minimum Gasteiger partial charge on any atom is -0.392 e. The lowest BCUT2D eigenvalue weighted by atomic mass is 10.1. The first-order valence-corrected chi connectivity index (χ1v) is 7.86. The first kappa shape index (κ1) is 15.7. The molecule has 0 saturated carbocycles. The maximum Gasteiger partial charge on any atom is 0.254 e. The Morgan fingerprint density at radius 3 is 2.83 bits per heavy atom. The number of likely N-dealkylation sites (tertiary alicyclic amines) is 1. The quantitative estimate of drug-likeness (QED) is 0.861. The summed E-state index contributed by atoms with van der Waals surface area (Å²) < 4.78 is 1.61. The zero-order chi connectivity index (χ0) is 16.2. The monoisotopic (exact) mass is 314 g/mol. The number of aryl methyl sites for hydroxylation is 1. The highest BCUT2D eigenvalue weighted by atomic mass is 16.3. The van der Waals surface area contributed by atoms with Gasteiger partial charge < -0.3 is 10.4 Å². The third kappa shape index (κ3) is 3.97. The number of nitrogens with zero attached hydrogens (tertiary/aromatic N) is 3. The summed E-state index contributed by atoms with van der Waals surface area (Å²) >= 11 is 0. The molecule has 0 spiro atoms. The summed E-state index contributed by atoms with van der Waals surface area (Å²) in [7, 11) is 1.79. The molecular formula is C17H22N4O2. The number of β-amino-alcohol motifs (C(OH)–C–C–N with tert-alkyl or cyclic N) is 1. The van der Waals surface area contributed by atoms with E-state index < -0.39 is 0 Å². The molecule has 2 aromatic rings. The van der Waals surface area contributed by atoms with E-state index in [4.69, 9.17) is 0 Å². The summed E-state index contributed by atoms with van der Waals surface area (Å²) in [4.78, 5) is 14.4. The van der Waals surface area contributed by atoms with Crippen LogP contribution in [0.3, 0.4) is 0 Å². The molecule has 1 aliphatic rings. The van der Waals surface area contributed by atoms with Crippen molar-refractivity contribution in [2.45, 2.75) is 25.6 Å². The van der Waals surface area contributed by atoms with Crippen molar-refractivity contribution in [3.63, 3.8) is 0 Å². The van der Waals surface area contributed by atoms with E-state index in [2.05, 4.69) is 21.4 Å². The Kier molecular flexibility index (Phi) is 4.73. The summed E-state index contributed by atoms with van der Waals surface area (Å²) in [6.45, 7) is 2.92. The van der Waals surface area contributed by atoms with Crippen molar-refractivity contribution in [2.75, 3.05) is 13.1 Å². The molecule has 6 nitrogen and oxygen atoms in total. The molecule has 1 saturated heterocycles. The van der Waals surface area contributed by atoms with Gasteiger partial charge in [0.25, 0.3) is 5.91 Å². The number of aliphatic hydroxyl groups is 1. The number of nitrogens with one attached hydrogen (secondary N) is 1. The number of aliphatic hydroxyl groups excluding tert-OH is 1. The summed E-state index contributed by atoms with van der Waals surface area (Å²) in [5.41, 5.74) is 2.85. The molecule has 0 bridgehead atoms. The van der Waals surface area contributed by atoms with Gasteiger partial charge >= 0.3 is 0 Å². The first-order chi connectivity index (χ1) is 11.1. The van der Waals surface area contributed by atoms with Gasteiger partial charge in [-0.05, 0) is 17.5 Å². The van der Waals surface area contributed by atoms with Crippen molar-refractivity contribution < 1.29 is 9.90 Å². The molecule has 0 aliphatic carbocycles. The van der Waals surface area contributed by atoms with Crippen LogP contribution in [0.1, 0.15) is 27.9 Å². The molecule has 1 amide bonds. The van der Waals surface area contributed by atoms with Gasteiger partial charge in [-0.1, -0.05) is 24.3 Å². The summed E-state index contributed by atoms with van der Waals surface area (Å²) in [6.07, 6.45) is 3.88. The molecule has 1 aromatic heterocycles. The van der Waals surface area contributed by atoms with E-state index in [-0.39, 0.29) is 12.0 Å². The van der Waals surface area contributed by atoms with Crippen LogP contribution in [0.5, 0.6) is 0 Å². The predicted octanol–water partition coefficient (Wildman–Crippen LogP) is 0.917. The van der Waals surface area contributed by atoms with Crippen molar-refractivity contribution in [1.29, 1.82) is 0 Å². The normalized spacial score (nSPS) is 18.3. The third-order valence-corrected chi connectivity index (χ3v) is 4.17. The van der Waals surface area contributed by atoms with Gasteiger partial charge in [0.05, 0.1) is 17.9 Å². The Bertz CT molecular complexity index is 683. The van der Waals surface area contributed by atoms with Gasteiger partial charge in [0.15, 0.2) is 0 Å². The molecule has 1 fully saturated rings. The zero-order valence-corrected chi connectivity index (χ0v) is 13.3. The number of rotatable bonds is 5. The maximum atomic E-state index is 12.1. The van der Waals surface area contributed by atoms with Gasteiger partial charge in [-0.3, -0.25) is 14.4 Å². The van der Waals surface area contributed by atoms with Gasteiger partial charge in [-0.25, -0.2) is 0 Å². The Morgan fingerprint density at radius 2 is 2.17 bits per heavy atom. The van der Waals surface area contributed by atoms with Crippen LogP contribution in [0.2, 0.25) is 0 Å². The average molecular weight is 314 g/mol. The van der Waals surface area contributed by atoms with E-state index in [0.717, 1.165) is 31.6 Å². The number of hydrogen-bond acceptors (Lipinski definition) is 4. The molecule has 6 heteroatoms. The summed E-state index contributed by atoms with van der Waals surface area (Å²) in [6, 6.07) is 8.10. The predicted molar refractivity (Wildman–Crippen MR) is 86.7 cm³/mol. The Labute approximate surface area is 135 Å². The Morgan fingerprint density at radius 1 is 1.39 bits per heavy atom. The molecule has 1 atom stereocenters.